The average Bonchev–Trinajstić information content (AvgIpc) is 2.40. The van der Waals surface area contributed by atoms with E-state index in [1.165, 1.54) is 61.6 Å². The normalized spacial score (nSPS) is 12.7. The standard InChI is InChI=1S/C22H38/c1-8-9-10-11-12-13-14-18-15-19(21(2,3)4)17-20(16-18)22(5,6)7/h15-17H,8-14H2,1-7H3. The largest absolute Gasteiger partial charge is 0.0654 e. The molecule has 1 aromatic rings. The first-order valence-corrected chi connectivity index (χ1v) is 9.29. The van der Waals surface area contributed by atoms with Crippen LogP contribution in [0.5, 0.6) is 0 Å². The van der Waals surface area contributed by atoms with Gasteiger partial charge in [0, 0.05) is 0 Å². The Morgan fingerprint density at radius 1 is 0.636 bits per heavy atom. The van der Waals surface area contributed by atoms with Crippen LogP contribution in [-0.2, 0) is 17.3 Å². The molecule has 0 atom stereocenters. The second kappa shape index (κ2) is 8.18. The summed E-state index contributed by atoms with van der Waals surface area (Å²) < 4.78 is 0. The Morgan fingerprint density at radius 3 is 1.55 bits per heavy atom. The molecule has 0 heteroatoms. The second-order valence-corrected chi connectivity index (χ2v) is 8.94. The van der Waals surface area contributed by atoms with Gasteiger partial charge in [-0.25, -0.2) is 0 Å². The van der Waals surface area contributed by atoms with Gasteiger partial charge in [-0.1, -0.05) is 98.8 Å². The van der Waals surface area contributed by atoms with Gasteiger partial charge in [-0.3, -0.25) is 0 Å². The third-order valence-corrected chi connectivity index (χ3v) is 4.54. The molecule has 0 nitrogen and oxygen atoms in total. The quantitative estimate of drug-likeness (QED) is 0.468. The summed E-state index contributed by atoms with van der Waals surface area (Å²) in [4.78, 5) is 0. The van der Waals surface area contributed by atoms with E-state index in [0.29, 0.717) is 0 Å². The van der Waals surface area contributed by atoms with Crippen LogP contribution in [0.2, 0.25) is 0 Å². The zero-order valence-electron chi connectivity index (χ0n) is 16.2. The summed E-state index contributed by atoms with van der Waals surface area (Å²) in [6, 6.07) is 7.31. The van der Waals surface area contributed by atoms with E-state index in [0.717, 1.165) is 0 Å². The molecule has 0 bridgehead atoms. The molecule has 0 unspecified atom stereocenters. The lowest BCUT2D eigenvalue weighted by Gasteiger charge is -2.26. The maximum Gasteiger partial charge on any atom is -0.0132 e. The summed E-state index contributed by atoms with van der Waals surface area (Å²) in [6.45, 7) is 16.2. The lowest BCUT2D eigenvalue weighted by Crippen LogP contribution is -2.17. The van der Waals surface area contributed by atoms with E-state index < -0.39 is 0 Å². The first-order chi connectivity index (χ1) is 10.1. The molecule has 0 aliphatic heterocycles. The minimum atomic E-state index is 0.233. The molecule has 0 aliphatic rings. The fourth-order valence-electron chi connectivity index (χ4n) is 2.81. The summed E-state index contributed by atoms with van der Waals surface area (Å²) in [6.07, 6.45) is 9.49. The van der Waals surface area contributed by atoms with Crippen molar-refractivity contribution in [3.8, 4) is 0 Å². The van der Waals surface area contributed by atoms with Crippen molar-refractivity contribution in [2.24, 2.45) is 0 Å². The zero-order valence-corrected chi connectivity index (χ0v) is 16.2. The topological polar surface area (TPSA) is 0 Å². The summed E-state index contributed by atoms with van der Waals surface area (Å²) >= 11 is 0. The Labute approximate surface area is 139 Å². The number of benzene rings is 1. The Balaban J connectivity index is 2.77. The predicted octanol–water partition coefficient (Wildman–Crippen LogP) is 7.18. The van der Waals surface area contributed by atoms with Gasteiger partial charge in [0.1, 0.15) is 0 Å². The van der Waals surface area contributed by atoms with Crippen LogP contribution >= 0.6 is 0 Å². The van der Waals surface area contributed by atoms with Crippen LogP contribution in [0.25, 0.3) is 0 Å². The number of rotatable bonds is 7. The molecule has 0 amide bonds. The van der Waals surface area contributed by atoms with Crippen LogP contribution in [-0.4, -0.2) is 0 Å². The van der Waals surface area contributed by atoms with Crippen LogP contribution < -0.4 is 0 Å². The van der Waals surface area contributed by atoms with Crippen molar-refractivity contribution in [3.05, 3.63) is 34.9 Å². The fraction of sp³-hybridized carbons (Fsp3) is 0.727. The monoisotopic (exact) mass is 302 g/mol. The van der Waals surface area contributed by atoms with Gasteiger partial charge in [-0.2, -0.15) is 0 Å². The molecule has 0 N–H and O–H groups in total. The van der Waals surface area contributed by atoms with Gasteiger partial charge in [-0.05, 0) is 40.4 Å². The number of unbranched alkanes of at least 4 members (excludes halogenated alkanes) is 5. The van der Waals surface area contributed by atoms with Gasteiger partial charge >= 0.3 is 0 Å². The SMILES string of the molecule is CCCCCCCCc1cc(C(C)(C)C)cc(C(C)(C)C)c1. The fourth-order valence-corrected chi connectivity index (χ4v) is 2.81. The van der Waals surface area contributed by atoms with E-state index in [4.69, 9.17) is 0 Å². The molecular weight excluding hydrogens is 264 g/mol. The maximum atomic E-state index is 2.45. The molecular formula is C22H38. The summed E-state index contributed by atoms with van der Waals surface area (Å²) in [5, 5.41) is 0. The Kier molecular flexibility index (Phi) is 7.16. The van der Waals surface area contributed by atoms with Crippen LogP contribution in [0.1, 0.15) is 104 Å². The number of aryl methyl sites for hydroxylation is 1. The highest BCUT2D eigenvalue weighted by Crippen LogP contribution is 2.30. The van der Waals surface area contributed by atoms with E-state index in [9.17, 15) is 0 Å². The highest BCUT2D eigenvalue weighted by Gasteiger charge is 2.20. The highest BCUT2D eigenvalue weighted by atomic mass is 14.2. The van der Waals surface area contributed by atoms with Gasteiger partial charge in [0.15, 0.2) is 0 Å². The van der Waals surface area contributed by atoms with Crippen molar-refractivity contribution >= 4 is 0 Å². The first-order valence-electron chi connectivity index (χ1n) is 9.29. The van der Waals surface area contributed by atoms with Gasteiger partial charge in [0.2, 0.25) is 0 Å². The van der Waals surface area contributed by atoms with Crippen molar-refractivity contribution in [1.29, 1.82) is 0 Å². The predicted molar refractivity (Wildman–Crippen MR) is 101 cm³/mol. The molecule has 0 heterocycles. The van der Waals surface area contributed by atoms with Crippen molar-refractivity contribution in [3.63, 3.8) is 0 Å². The summed E-state index contributed by atoms with van der Waals surface area (Å²) in [5.41, 5.74) is 4.98. The molecule has 126 valence electrons. The number of hydrogen-bond donors (Lipinski definition) is 0. The third-order valence-electron chi connectivity index (χ3n) is 4.54. The van der Waals surface area contributed by atoms with E-state index in [-0.39, 0.29) is 10.8 Å². The molecule has 0 fully saturated rings. The zero-order chi connectivity index (χ0) is 16.8. The van der Waals surface area contributed by atoms with Gasteiger partial charge in [-0.15, -0.1) is 0 Å². The summed E-state index contributed by atoms with van der Waals surface area (Å²) in [7, 11) is 0. The van der Waals surface area contributed by atoms with Crippen molar-refractivity contribution in [1.82, 2.24) is 0 Å². The third kappa shape index (κ3) is 6.55. The van der Waals surface area contributed by atoms with Crippen LogP contribution in [0, 0.1) is 0 Å². The van der Waals surface area contributed by atoms with Crippen molar-refractivity contribution in [2.75, 3.05) is 0 Å². The van der Waals surface area contributed by atoms with E-state index in [1.807, 2.05) is 0 Å². The molecule has 22 heavy (non-hydrogen) atoms. The first kappa shape index (κ1) is 19.3. The Morgan fingerprint density at radius 2 is 1.09 bits per heavy atom. The van der Waals surface area contributed by atoms with Crippen molar-refractivity contribution in [2.45, 2.75) is 104 Å². The lowest BCUT2D eigenvalue weighted by molar-refractivity contribution is 0.564. The van der Waals surface area contributed by atoms with Gasteiger partial charge < -0.3 is 0 Å². The molecule has 1 rings (SSSR count). The van der Waals surface area contributed by atoms with Gasteiger partial charge in [0.25, 0.3) is 0 Å². The van der Waals surface area contributed by atoms with E-state index in [1.54, 1.807) is 0 Å². The molecule has 0 saturated carbocycles. The molecule has 0 aromatic heterocycles. The second-order valence-electron chi connectivity index (χ2n) is 8.94. The maximum absolute atomic E-state index is 2.45. The van der Waals surface area contributed by atoms with Crippen LogP contribution in [0.4, 0.5) is 0 Å². The summed E-state index contributed by atoms with van der Waals surface area (Å²) in [5.74, 6) is 0. The van der Waals surface area contributed by atoms with E-state index >= 15 is 0 Å². The average molecular weight is 303 g/mol. The highest BCUT2D eigenvalue weighted by molar-refractivity contribution is 5.37. The molecule has 0 spiro atoms. The molecule has 0 radical (unpaired) electrons. The number of hydrogen-bond acceptors (Lipinski definition) is 0. The Bertz CT molecular complexity index is 408. The molecule has 0 saturated heterocycles. The van der Waals surface area contributed by atoms with Crippen LogP contribution in [0.15, 0.2) is 18.2 Å². The molecule has 1 aromatic carbocycles. The van der Waals surface area contributed by atoms with E-state index in [2.05, 4.69) is 66.7 Å². The van der Waals surface area contributed by atoms with Crippen molar-refractivity contribution < 1.29 is 0 Å². The minimum Gasteiger partial charge on any atom is -0.0654 e. The van der Waals surface area contributed by atoms with Gasteiger partial charge in [0.05, 0.1) is 0 Å². The Hall–Kier alpha value is -0.780. The van der Waals surface area contributed by atoms with Crippen LogP contribution in [0.3, 0.4) is 0 Å². The molecule has 0 aliphatic carbocycles. The lowest BCUT2D eigenvalue weighted by atomic mass is 9.79. The smallest absolute Gasteiger partial charge is 0.0132 e. The minimum absolute atomic E-state index is 0.233.